The highest BCUT2D eigenvalue weighted by Crippen LogP contribution is 2.36. The molecule has 18 heavy (non-hydrogen) atoms. The zero-order valence-electron chi connectivity index (χ0n) is 9.54. The first kappa shape index (κ1) is 13.7. The first-order valence-electron chi connectivity index (χ1n) is 5.64. The second-order valence-corrected chi connectivity index (χ2v) is 5.30. The molecule has 1 atom stereocenters. The Labute approximate surface area is 112 Å². The number of aliphatic hydroxyl groups excluding tert-OH is 1. The molecule has 0 aromatic heterocycles. The van der Waals surface area contributed by atoms with Crippen LogP contribution in [-0.2, 0) is 6.18 Å². The van der Waals surface area contributed by atoms with Crippen LogP contribution in [0.25, 0.3) is 0 Å². The van der Waals surface area contributed by atoms with E-state index < -0.39 is 11.7 Å². The van der Waals surface area contributed by atoms with Gasteiger partial charge in [-0.05, 0) is 40.5 Å². The van der Waals surface area contributed by atoms with Gasteiger partial charge in [0.25, 0.3) is 0 Å². The summed E-state index contributed by atoms with van der Waals surface area (Å²) < 4.78 is 38.0. The van der Waals surface area contributed by atoms with Gasteiger partial charge in [0.05, 0.1) is 11.3 Å². The van der Waals surface area contributed by atoms with Crippen molar-refractivity contribution in [2.24, 2.45) is 5.92 Å². The van der Waals surface area contributed by atoms with Crippen LogP contribution in [-0.4, -0.2) is 24.8 Å². The Morgan fingerprint density at radius 3 is 2.61 bits per heavy atom. The molecule has 0 radical (unpaired) electrons. The van der Waals surface area contributed by atoms with Crippen molar-refractivity contribution in [1.29, 1.82) is 0 Å². The van der Waals surface area contributed by atoms with E-state index in [2.05, 4.69) is 15.9 Å². The van der Waals surface area contributed by atoms with Crippen molar-refractivity contribution in [2.75, 3.05) is 24.6 Å². The van der Waals surface area contributed by atoms with Gasteiger partial charge in [-0.1, -0.05) is 0 Å². The number of aliphatic hydroxyl groups is 1. The van der Waals surface area contributed by atoms with Gasteiger partial charge in [-0.2, -0.15) is 13.2 Å². The van der Waals surface area contributed by atoms with Gasteiger partial charge in [0.1, 0.15) is 0 Å². The molecule has 2 rings (SSSR count). The Morgan fingerprint density at radius 1 is 1.39 bits per heavy atom. The van der Waals surface area contributed by atoms with Gasteiger partial charge in [-0.3, -0.25) is 0 Å². The molecule has 100 valence electrons. The molecule has 1 aromatic rings. The van der Waals surface area contributed by atoms with Gasteiger partial charge in [0.15, 0.2) is 0 Å². The minimum absolute atomic E-state index is 0.120. The highest BCUT2D eigenvalue weighted by atomic mass is 79.9. The van der Waals surface area contributed by atoms with E-state index in [1.54, 1.807) is 0 Å². The summed E-state index contributed by atoms with van der Waals surface area (Å²) in [6.07, 6.45) is -3.45. The molecular formula is C12H13BrF3NO. The minimum atomic E-state index is -4.32. The molecule has 1 N–H and O–H groups in total. The Kier molecular flexibility index (Phi) is 3.87. The summed E-state index contributed by atoms with van der Waals surface area (Å²) in [5.74, 6) is 0.208. The summed E-state index contributed by atoms with van der Waals surface area (Å²) in [4.78, 5) is 1.99. The molecule has 1 aliphatic rings. The lowest BCUT2D eigenvalue weighted by atomic mass is 10.1. The molecule has 0 saturated carbocycles. The maximum Gasteiger partial charge on any atom is 0.416 e. The van der Waals surface area contributed by atoms with Crippen LogP contribution in [0, 0.1) is 5.92 Å². The van der Waals surface area contributed by atoms with E-state index >= 15 is 0 Å². The Bertz CT molecular complexity index is 436. The minimum Gasteiger partial charge on any atom is -0.396 e. The largest absolute Gasteiger partial charge is 0.416 e. The number of rotatable bonds is 2. The van der Waals surface area contributed by atoms with E-state index in [4.69, 9.17) is 5.11 Å². The molecule has 0 bridgehead atoms. The molecule has 0 aliphatic carbocycles. The van der Waals surface area contributed by atoms with Crippen molar-refractivity contribution < 1.29 is 18.3 Å². The summed E-state index contributed by atoms with van der Waals surface area (Å²) in [7, 11) is 0. The molecule has 1 saturated heterocycles. The van der Waals surface area contributed by atoms with Crippen molar-refractivity contribution in [1.82, 2.24) is 0 Å². The van der Waals surface area contributed by atoms with Crippen molar-refractivity contribution in [2.45, 2.75) is 12.6 Å². The highest BCUT2D eigenvalue weighted by Gasteiger charge is 2.31. The quantitative estimate of drug-likeness (QED) is 0.902. The molecular weight excluding hydrogens is 311 g/mol. The lowest BCUT2D eigenvalue weighted by molar-refractivity contribution is -0.137. The number of anilines is 1. The van der Waals surface area contributed by atoms with Gasteiger partial charge in [-0.15, -0.1) is 0 Å². The summed E-state index contributed by atoms with van der Waals surface area (Å²) in [5, 5.41) is 9.06. The van der Waals surface area contributed by atoms with Crippen molar-refractivity contribution in [3.05, 3.63) is 28.2 Å². The standard InChI is InChI=1S/C12H13BrF3NO/c13-10-5-9(12(14,15)16)1-2-11(10)17-4-3-8(6-17)7-18/h1-2,5,8,18H,3-4,6-7H2. The molecule has 0 spiro atoms. The molecule has 1 aromatic carbocycles. The van der Waals surface area contributed by atoms with Crippen LogP contribution in [0.3, 0.4) is 0 Å². The summed E-state index contributed by atoms with van der Waals surface area (Å²) in [5.41, 5.74) is 0.0926. The third-order valence-electron chi connectivity index (χ3n) is 3.16. The summed E-state index contributed by atoms with van der Waals surface area (Å²) in [6.45, 7) is 1.56. The fourth-order valence-electron chi connectivity index (χ4n) is 2.14. The SMILES string of the molecule is OCC1CCN(c2ccc(C(F)(F)F)cc2Br)C1. The van der Waals surface area contributed by atoms with Gasteiger partial charge < -0.3 is 10.0 Å². The van der Waals surface area contributed by atoms with Crippen LogP contribution in [0.5, 0.6) is 0 Å². The van der Waals surface area contributed by atoms with Gasteiger partial charge >= 0.3 is 6.18 Å². The van der Waals surface area contributed by atoms with E-state index in [0.29, 0.717) is 11.0 Å². The van der Waals surface area contributed by atoms with E-state index in [1.165, 1.54) is 6.07 Å². The summed E-state index contributed by atoms with van der Waals surface area (Å²) in [6, 6.07) is 3.67. The Hall–Kier alpha value is -0.750. The Morgan fingerprint density at radius 2 is 2.11 bits per heavy atom. The fourth-order valence-corrected chi connectivity index (χ4v) is 2.77. The first-order chi connectivity index (χ1) is 8.41. The normalized spacial score (nSPS) is 20.5. The van der Waals surface area contributed by atoms with E-state index in [1.807, 2.05) is 4.90 Å². The van der Waals surface area contributed by atoms with Crippen molar-refractivity contribution in [3.8, 4) is 0 Å². The van der Waals surface area contributed by atoms with E-state index in [-0.39, 0.29) is 12.5 Å². The first-order valence-corrected chi connectivity index (χ1v) is 6.43. The second-order valence-electron chi connectivity index (χ2n) is 4.45. The number of alkyl halides is 3. The van der Waals surface area contributed by atoms with E-state index in [9.17, 15) is 13.2 Å². The predicted molar refractivity (Wildman–Crippen MR) is 66.5 cm³/mol. The maximum atomic E-state index is 12.5. The average Bonchev–Trinajstić information content (AvgIpc) is 2.76. The molecule has 1 fully saturated rings. The fraction of sp³-hybridized carbons (Fsp3) is 0.500. The smallest absolute Gasteiger partial charge is 0.396 e. The number of halogens is 4. The molecule has 1 aliphatic heterocycles. The molecule has 2 nitrogen and oxygen atoms in total. The van der Waals surface area contributed by atoms with Gasteiger partial charge in [0, 0.05) is 30.1 Å². The maximum absolute atomic E-state index is 12.5. The second kappa shape index (κ2) is 5.09. The number of hydrogen-bond acceptors (Lipinski definition) is 2. The third-order valence-corrected chi connectivity index (χ3v) is 3.79. The number of nitrogens with zero attached hydrogens (tertiary/aromatic N) is 1. The molecule has 1 unspecified atom stereocenters. The van der Waals surface area contributed by atoms with Crippen LogP contribution in [0.4, 0.5) is 18.9 Å². The van der Waals surface area contributed by atoms with Gasteiger partial charge in [-0.25, -0.2) is 0 Å². The van der Waals surface area contributed by atoms with Crippen LogP contribution in [0.2, 0.25) is 0 Å². The van der Waals surface area contributed by atoms with Crippen LogP contribution in [0.1, 0.15) is 12.0 Å². The summed E-state index contributed by atoms with van der Waals surface area (Å²) >= 11 is 3.19. The number of benzene rings is 1. The molecule has 1 heterocycles. The van der Waals surface area contributed by atoms with Crippen LogP contribution < -0.4 is 4.90 Å². The average molecular weight is 324 g/mol. The van der Waals surface area contributed by atoms with Crippen LogP contribution >= 0.6 is 15.9 Å². The van der Waals surface area contributed by atoms with Crippen molar-refractivity contribution >= 4 is 21.6 Å². The predicted octanol–water partition coefficient (Wildman–Crippen LogP) is 3.29. The third kappa shape index (κ3) is 2.80. The van der Waals surface area contributed by atoms with Crippen molar-refractivity contribution in [3.63, 3.8) is 0 Å². The zero-order valence-corrected chi connectivity index (χ0v) is 11.1. The lowest BCUT2D eigenvalue weighted by Gasteiger charge is -2.21. The molecule has 0 amide bonds. The zero-order chi connectivity index (χ0) is 13.3. The topological polar surface area (TPSA) is 23.5 Å². The monoisotopic (exact) mass is 323 g/mol. The molecule has 6 heteroatoms. The lowest BCUT2D eigenvalue weighted by Crippen LogP contribution is -2.21. The van der Waals surface area contributed by atoms with Crippen LogP contribution in [0.15, 0.2) is 22.7 Å². The van der Waals surface area contributed by atoms with Gasteiger partial charge in [0.2, 0.25) is 0 Å². The highest BCUT2D eigenvalue weighted by molar-refractivity contribution is 9.10. The Balaban J connectivity index is 2.21. The van der Waals surface area contributed by atoms with E-state index in [0.717, 1.165) is 30.8 Å². The number of hydrogen-bond donors (Lipinski definition) is 1.